The van der Waals surface area contributed by atoms with E-state index in [1.165, 1.54) is 29.6 Å². The van der Waals surface area contributed by atoms with E-state index in [9.17, 15) is 9.18 Å². The summed E-state index contributed by atoms with van der Waals surface area (Å²) < 4.78 is 13.0. The van der Waals surface area contributed by atoms with Crippen molar-refractivity contribution in [3.63, 3.8) is 0 Å². The number of para-hydroxylation sites is 1. The predicted molar refractivity (Wildman–Crippen MR) is 105 cm³/mol. The fourth-order valence-electron chi connectivity index (χ4n) is 3.04. The van der Waals surface area contributed by atoms with Crippen LogP contribution in [0.2, 0.25) is 0 Å². The first kappa shape index (κ1) is 16.8. The van der Waals surface area contributed by atoms with Crippen LogP contribution in [0, 0.1) is 5.82 Å². The van der Waals surface area contributed by atoms with Crippen LogP contribution < -0.4 is 4.90 Å². The van der Waals surface area contributed by atoms with Gasteiger partial charge in [-0.05, 0) is 47.7 Å². The molecule has 0 spiro atoms. The zero-order valence-electron chi connectivity index (χ0n) is 14.1. The third kappa shape index (κ3) is 3.65. The van der Waals surface area contributed by atoms with E-state index in [2.05, 4.69) is 26.9 Å². The van der Waals surface area contributed by atoms with E-state index in [1.807, 2.05) is 18.2 Å². The highest BCUT2D eigenvalue weighted by Gasteiger charge is 2.28. The number of amidine groups is 1. The summed E-state index contributed by atoms with van der Waals surface area (Å²) in [5.41, 5.74) is 2.02. The van der Waals surface area contributed by atoms with Crippen LogP contribution >= 0.6 is 11.8 Å². The molecule has 26 heavy (non-hydrogen) atoms. The summed E-state index contributed by atoms with van der Waals surface area (Å²) in [6.07, 6.45) is 1.77. The van der Waals surface area contributed by atoms with E-state index in [0.29, 0.717) is 4.91 Å². The molecule has 2 aromatic carbocycles. The molecule has 4 rings (SSSR count). The molecule has 1 fully saturated rings. The maximum atomic E-state index is 13.0. The summed E-state index contributed by atoms with van der Waals surface area (Å²) in [4.78, 5) is 21.5. The third-order valence-electron chi connectivity index (χ3n) is 4.45. The minimum Gasteiger partial charge on any atom is -0.368 e. The molecule has 2 heterocycles. The molecule has 0 aromatic heterocycles. The van der Waals surface area contributed by atoms with Crippen molar-refractivity contribution in [3.05, 3.63) is 70.9 Å². The van der Waals surface area contributed by atoms with Crippen molar-refractivity contribution >= 4 is 34.6 Å². The zero-order valence-corrected chi connectivity index (χ0v) is 15.0. The van der Waals surface area contributed by atoms with Crippen LogP contribution in [0.25, 0.3) is 6.08 Å². The van der Waals surface area contributed by atoms with Gasteiger partial charge in [0.2, 0.25) is 0 Å². The van der Waals surface area contributed by atoms with Crippen molar-refractivity contribution in [1.29, 1.82) is 0 Å². The monoisotopic (exact) mass is 367 g/mol. The molecule has 0 aliphatic carbocycles. The van der Waals surface area contributed by atoms with Crippen molar-refractivity contribution in [2.45, 2.75) is 0 Å². The second-order valence-corrected chi connectivity index (χ2v) is 7.18. The molecule has 132 valence electrons. The molecular formula is C20H18FN3OS. The molecule has 2 aliphatic rings. The summed E-state index contributed by atoms with van der Waals surface area (Å²) in [5, 5.41) is 0.760. The van der Waals surface area contributed by atoms with Gasteiger partial charge < -0.3 is 9.80 Å². The highest BCUT2D eigenvalue weighted by Crippen LogP contribution is 2.31. The van der Waals surface area contributed by atoms with E-state index in [0.717, 1.165) is 36.9 Å². The highest BCUT2D eigenvalue weighted by atomic mass is 32.2. The third-order valence-corrected chi connectivity index (χ3v) is 5.49. The van der Waals surface area contributed by atoms with Crippen LogP contribution in [0.3, 0.4) is 0 Å². The fraction of sp³-hybridized carbons (Fsp3) is 0.200. The number of carbonyl (C=O) groups excluding carboxylic acids is 1. The van der Waals surface area contributed by atoms with Crippen molar-refractivity contribution in [2.24, 2.45) is 4.99 Å². The number of benzene rings is 2. The molecule has 1 amide bonds. The molecule has 4 nitrogen and oxygen atoms in total. The van der Waals surface area contributed by atoms with Crippen LogP contribution in [0.4, 0.5) is 10.1 Å². The van der Waals surface area contributed by atoms with Crippen LogP contribution in [-0.4, -0.2) is 42.2 Å². The Labute approximate surface area is 156 Å². The molecule has 0 N–H and O–H groups in total. The van der Waals surface area contributed by atoms with Gasteiger partial charge in [0.25, 0.3) is 5.91 Å². The van der Waals surface area contributed by atoms with Crippen molar-refractivity contribution in [1.82, 2.24) is 4.90 Å². The number of hydrogen-bond donors (Lipinski definition) is 0. The SMILES string of the molecule is O=C1N=C(N2CCN(c3ccccc3)CC2)S/C1=C/c1ccc(F)cc1. The quantitative estimate of drug-likeness (QED) is 0.760. The van der Waals surface area contributed by atoms with Gasteiger partial charge in [-0.2, -0.15) is 4.99 Å². The van der Waals surface area contributed by atoms with E-state index in [-0.39, 0.29) is 11.7 Å². The highest BCUT2D eigenvalue weighted by molar-refractivity contribution is 8.18. The Morgan fingerprint density at radius 2 is 1.58 bits per heavy atom. The van der Waals surface area contributed by atoms with Crippen LogP contribution in [-0.2, 0) is 4.79 Å². The number of anilines is 1. The molecule has 0 atom stereocenters. The summed E-state index contributed by atoms with van der Waals surface area (Å²) >= 11 is 1.40. The van der Waals surface area contributed by atoms with Gasteiger partial charge in [0.05, 0.1) is 4.91 Å². The Bertz CT molecular complexity index is 856. The lowest BCUT2D eigenvalue weighted by Gasteiger charge is -2.36. The molecule has 2 aliphatic heterocycles. The molecular weight excluding hydrogens is 349 g/mol. The number of halogens is 1. The molecule has 1 saturated heterocycles. The summed E-state index contributed by atoms with van der Waals surface area (Å²) in [7, 11) is 0. The standard InChI is InChI=1S/C20H18FN3OS/c21-16-8-6-15(7-9-16)14-18-19(25)22-20(26-18)24-12-10-23(11-13-24)17-4-2-1-3-5-17/h1-9,14H,10-13H2/b18-14+. The van der Waals surface area contributed by atoms with Crippen molar-refractivity contribution in [3.8, 4) is 0 Å². The Morgan fingerprint density at radius 1 is 0.923 bits per heavy atom. The Hall–Kier alpha value is -2.60. The molecule has 6 heteroatoms. The number of nitrogens with zero attached hydrogens (tertiary/aromatic N) is 3. The average molecular weight is 367 g/mol. The molecule has 0 bridgehead atoms. The van der Waals surface area contributed by atoms with E-state index in [4.69, 9.17) is 0 Å². The first-order chi connectivity index (χ1) is 12.7. The van der Waals surface area contributed by atoms with Gasteiger partial charge in [-0.3, -0.25) is 4.79 Å². The first-order valence-corrected chi connectivity index (χ1v) is 9.34. The van der Waals surface area contributed by atoms with Gasteiger partial charge in [0, 0.05) is 31.9 Å². The van der Waals surface area contributed by atoms with Crippen LogP contribution in [0.15, 0.2) is 64.5 Å². The topological polar surface area (TPSA) is 35.9 Å². The largest absolute Gasteiger partial charge is 0.368 e. The average Bonchev–Trinajstić information content (AvgIpc) is 3.05. The number of carbonyl (C=O) groups is 1. The second kappa shape index (κ2) is 7.33. The predicted octanol–water partition coefficient (Wildman–Crippen LogP) is 3.62. The van der Waals surface area contributed by atoms with E-state index < -0.39 is 0 Å². The molecule has 0 unspecified atom stereocenters. The van der Waals surface area contributed by atoms with E-state index >= 15 is 0 Å². The summed E-state index contributed by atoms with van der Waals surface area (Å²) in [6.45, 7) is 3.46. The smallest absolute Gasteiger partial charge is 0.286 e. The lowest BCUT2D eigenvalue weighted by molar-refractivity contribution is -0.113. The maximum absolute atomic E-state index is 13.0. The second-order valence-electron chi connectivity index (χ2n) is 6.17. The lowest BCUT2D eigenvalue weighted by Crippen LogP contribution is -2.47. The van der Waals surface area contributed by atoms with Crippen LogP contribution in [0.1, 0.15) is 5.56 Å². The minimum atomic E-state index is -0.286. The van der Waals surface area contributed by atoms with E-state index in [1.54, 1.807) is 18.2 Å². The number of piperazine rings is 1. The van der Waals surface area contributed by atoms with Crippen LogP contribution in [0.5, 0.6) is 0 Å². The maximum Gasteiger partial charge on any atom is 0.286 e. The normalized spacial score (nSPS) is 19.2. The van der Waals surface area contributed by atoms with Crippen molar-refractivity contribution < 1.29 is 9.18 Å². The zero-order chi connectivity index (χ0) is 17.9. The Morgan fingerprint density at radius 3 is 2.27 bits per heavy atom. The minimum absolute atomic E-state index is 0.222. The Balaban J connectivity index is 1.40. The number of amides is 1. The van der Waals surface area contributed by atoms with Crippen molar-refractivity contribution in [2.75, 3.05) is 31.1 Å². The van der Waals surface area contributed by atoms with Gasteiger partial charge in [-0.1, -0.05) is 30.3 Å². The number of aliphatic imine (C=N–C) groups is 1. The summed E-state index contributed by atoms with van der Waals surface area (Å²) in [5.74, 6) is -0.509. The fourth-order valence-corrected chi connectivity index (χ4v) is 4.00. The number of thioether (sulfide) groups is 1. The first-order valence-electron chi connectivity index (χ1n) is 8.52. The number of rotatable bonds is 2. The van der Waals surface area contributed by atoms with Gasteiger partial charge in [-0.15, -0.1) is 0 Å². The van der Waals surface area contributed by atoms with Gasteiger partial charge in [-0.25, -0.2) is 4.39 Å². The lowest BCUT2D eigenvalue weighted by atomic mass is 10.2. The van der Waals surface area contributed by atoms with Gasteiger partial charge in [0.15, 0.2) is 5.17 Å². The molecule has 0 radical (unpaired) electrons. The molecule has 0 saturated carbocycles. The van der Waals surface area contributed by atoms with Gasteiger partial charge >= 0.3 is 0 Å². The number of hydrogen-bond acceptors (Lipinski definition) is 4. The summed E-state index contributed by atoms with van der Waals surface area (Å²) in [6, 6.07) is 16.4. The van der Waals surface area contributed by atoms with Gasteiger partial charge in [0.1, 0.15) is 5.82 Å². The molecule has 2 aromatic rings. The Kier molecular flexibility index (Phi) is 4.75.